The van der Waals surface area contributed by atoms with Crippen molar-refractivity contribution in [3.05, 3.63) is 29.3 Å². The number of aliphatic hydroxyl groups excluding tert-OH is 1. The minimum absolute atomic E-state index is 0.0416. The molecule has 3 aliphatic rings. The zero-order valence-corrected chi connectivity index (χ0v) is 20.1. The molecule has 174 valence electrons. The van der Waals surface area contributed by atoms with Crippen LogP contribution in [0.5, 0.6) is 0 Å². The topological polar surface area (TPSA) is 95.9 Å². The van der Waals surface area contributed by atoms with E-state index in [1.165, 1.54) is 4.90 Å². The summed E-state index contributed by atoms with van der Waals surface area (Å²) in [5, 5.41) is 13.0. The predicted octanol–water partition coefficient (Wildman–Crippen LogP) is 2.52. The Labute approximate surface area is 193 Å². The van der Waals surface area contributed by atoms with Crippen molar-refractivity contribution in [2.24, 2.45) is 17.8 Å². The van der Waals surface area contributed by atoms with Crippen LogP contribution in [0, 0.1) is 31.6 Å². The normalized spacial score (nSPS) is 33.9. The van der Waals surface area contributed by atoms with Crippen molar-refractivity contribution in [1.29, 1.82) is 0 Å². The molecule has 2 N–H and O–H groups in total. The number of anilines is 1. The number of para-hydroxylation sites is 1. The average Bonchev–Trinajstić information content (AvgIpc) is 3.34. The highest BCUT2D eigenvalue weighted by Crippen LogP contribution is 2.69. The number of benzene rings is 1. The molecule has 2 bridgehead atoms. The molecule has 32 heavy (non-hydrogen) atoms. The van der Waals surface area contributed by atoms with Gasteiger partial charge in [-0.25, -0.2) is 0 Å². The zero-order valence-electron chi connectivity index (χ0n) is 19.3. The van der Waals surface area contributed by atoms with E-state index in [-0.39, 0.29) is 42.2 Å². The first-order valence-electron chi connectivity index (χ1n) is 11.3. The van der Waals surface area contributed by atoms with Crippen LogP contribution < -0.4 is 5.32 Å². The molecule has 3 fully saturated rings. The van der Waals surface area contributed by atoms with Gasteiger partial charge in [-0.1, -0.05) is 25.1 Å². The predicted molar refractivity (Wildman–Crippen MR) is 123 cm³/mol. The van der Waals surface area contributed by atoms with E-state index in [2.05, 4.69) is 12.2 Å². The molecule has 1 spiro atoms. The number of esters is 1. The molecule has 0 saturated carbocycles. The van der Waals surface area contributed by atoms with E-state index in [0.717, 1.165) is 23.2 Å². The number of hydrogen-bond acceptors (Lipinski definition) is 6. The molecule has 0 aromatic heterocycles. The van der Waals surface area contributed by atoms with Crippen LogP contribution in [0.3, 0.4) is 0 Å². The van der Waals surface area contributed by atoms with E-state index in [1.54, 1.807) is 25.6 Å². The number of ether oxygens (including phenoxy) is 1. The van der Waals surface area contributed by atoms with Crippen LogP contribution in [0.4, 0.5) is 5.69 Å². The van der Waals surface area contributed by atoms with Gasteiger partial charge in [0.15, 0.2) is 0 Å². The largest absolute Gasteiger partial charge is 0.466 e. The van der Waals surface area contributed by atoms with Gasteiger partial charge in [0.25, 0.3) is 0 Å². The van der Waals surface area contributed by atoms with Crippen molar-refractivity contribution in [2.75, 3.05) is 18.5 Å². The highest BCUT2D eigenvalue weighted by atomic mass is 32.2. The van der Waals surface area contributed by atoms with Gasteiger partial charge in [0, 0.05) is 10.9 Å². The summed E-state index contributed by atoms with van der Waals surface area (Å²) in [4.78, 5) is 42.0. The number of rotatable bonds is 6. The molecule has 7 atom stereocenters. The van der Waals surface area contributed by atoms with Crippen LogP contribution in [0.2, 0.25) is 0 Å². The van der Waals surface area contributed by atoms with Gasteiger partial charge >= 0.3 is 5.97 Å². The van der Waals surface area contributed by atoms with Crippen LogP contribution in [0.1, 0.15) is 38.3 Å². The number of aryl methyl sites for hydroxylation is 2. The molecule has 8 heteroatoms. The molecule has 2 amide bonds. The Bertz CT molecular complexity index is 932. The minimum Gasteiger partial charge on any atom is -0.466 e. The van der Waals surface area contributed by atoms with Gasteiger partial charge in [-0.15, -0.1) is 11.8 Å². The molecule has 3 aliphatic heterocycles. The molecule has 7 nitrogen and oxygen atoms in total. The summed E-state index contributed by atoms with van der Waals surface area (Å²) in [5.74, 6) is -1.96. The van der Waals surface area contributed by atoms with E-state index < -0.39 is 28.7 Å². The molecule has 3 heterocycles. The standard InChI is InChI=1S/C24H32N2O5S/c1-6-31-23(30)17-16-10-14(4)24(32-16)18(17)22(29)26(15(5)11-27)20(24)21(28)25-19-12(2)8-7-9-13(19)3/h7-9,14-18,20,27H,6,10-11H2,1-5H3,(H,25,28)/t14?,15-,16+,17-,18+,20?,24?/m1/s1. The number of thioether (sulfide) groups is 1. The SMILES string of the molecule is CCOC(=O)[C@@H]1[C@@H]2CC(C)C3(S2)C(C(=O)Nc2c(C)cccc2C)N([C@H](C)CO)C(=O)[C@H]13. The van der Waals surface area contributed by atoms with Gasteiger partial charge in [0.05, 0.1) is 35.8 Å². The molecular weight excluding hydrogens is 428 g/mol. The number of amides is 2. The van der Waals surface area contributed by atoms with Crippen molar-refractivity contribution < 1.29 is 24.2 Å². The zero-order chi connectivity index (χ0) is 23.4. The summed E-state index contributed by atoms with van der Waals surface area (Å²) in [6, 6.07) is 4.51. The summed E-state index contributed by atoms with van der Waals surface area (Å²) in [5.41, 5.74) is 2.63. The number of nitrogens with one attached hydrogen (secondary N) is 1. The fraction of sp³-hybridized carbons (Fsp3) is 0.625. The second kappa shape index (κ2) is 8.37. The summed E-state index contributed by atoms with van der Waals surface area (Å²) < 4.78 is 4.62. The quantitative estimate of drug-likeness (QED) is 0.634. The Morgan fingerprint density at radius 3 is 2.59 bits per heavy atom. The second-order valence-electron chi connectivity index (χ2n) is 9.34. The lowest BCUT2D eigenvalue weighted by atomic mass is 9.66. The van der Waals surface area contributed by atoms with Crippen molar-refractivity contribution in [1.82, 2.24) is 4.90 Å². The van der Waals surface area contributed by atoms with Crippen molar-refractivity contribution >= 4 is 35.2 Å². The van der Waals surface area contributed by atoms with E-state index >= 15 is 0 Å². The lowest BCUT2D eigenvalue weighted by molar-refractivity contribution is -0.154. The number of likely N-dealkylation sites (tertiary alicyclic amines) is 1. The first-order valence-corrected chi connectivity index (χ1v) is 12.2. The third kappa shape index (κ3) is 3.17. The minimum atomic E-state index is -0.773. The summed E-state index contributed by atoms with van der Waals surface area (Å²) >= 11 is 1.60. The molecule has 3 unspecified atom stereocenters. The Kier molecular flexibility index (Phi) is 6.05. The summed E-state index contributed by atoms with van der Waals surface area (Å²) in [6.45, 7) is 9.45. The van der Waals surface area contributed by atoms with Gasteiger partial charge in [-0.3, -0.25) is 14.4 Å². The van der Waals surface area contributed by atoms with Crippen molar-refractivity contribution in [2.45, 2.75) is 63.1 Å². The Morgan fingerprint density at radius 1 is 1.34 bits per heavy atom. The van der Waals surface area contributed by atoms with Crippen LogP contribution >= 0.6 is 11.8 Å². The van der Waals surface area contributed by atoms with E-state index in [1.807, 2.05) is 32.0 Å². The fourth-order valence-electron chi connectivity index (χ4n) is 6.03. The number of carbonyl (C=O) groups excluding carboxylic acids is 3. The van der Waals surface area contributed by atoms with Gasteiger partial charge in [0.2, 0.25) is 11.8 Å². The first-order chi connectivity index (χ1) is 15.2. The van der Waals surface area contributed by atoms with E-state index in [4.69, 9.17) is 4.74 Å². The third-order valence-electron chi connectivity index (χ3n) is 7.46. The third-order valence-corrected chi connectivity index (χ3v) is 9.54. The lowest BCUT2D eigenvalue weighted by Gasteiger charge is -2.39. The molecule has 3 saturated heterocycles. The Hall–Kier alpha value is -2.06. The smallest absolute Gasteiger partial charge is 0.310 e. The molecule has 0 aliphatic carbocycles. The van der Waals surface area contributed by atoms with Crippen molar-refractivity contribution in [3.63, 3.8) is 0 Å². The van der Waals surface area contributed by atoms with Crippen molar-refractivity contribution in [3.8, 4) is 0 Å². The maximum Gasteiger partial charge on any atom is 0.310 e. The van der Waals surface area contributed by atoms with Crippen LogP contribution in [-0.2, 0) is 19.1 Å². The van der Waals surface area contributed by atoms with Crippen LogP contribution in [-0.4, -0.2) is 63.1 Å². The average molecular weight is 461 g/mol. The van der Waals surface area contributed by atoms with Crippen LogP contribution in [0.25, 0.3) is 0 Å². The van der Waals surface area contributed by atoms with Gasteiger partial charge in [-0.2, -0.15) is 0 Å². The highest BCUT2D eigenvalue weighted by molar-refractivity contribution is 8.02. The van der Waals surface area contributed by atoms with E-state index in [9.17, 15) is 19.5 Å². The first kappa shape index (κ1) is 23.1. The Balaban J connectivity index is 1.78. The second-order valence-corrected chi connectivity index (χ2v) is 10.9. The summed E-state index contributed by atoms with van der Waals surface area (Å²) in [7, 11) is 0. The number of nitrogens with zero attached hydrogens (tertiary/aromatic N) is 1. The maximum atomic E-state index is 13.9. The highest BCUT2D eigenvalue weighted by Gasteiger charge is 2.76. The Morgan fingerprint density at radius 2 is 2.00 bits per heavy atom. The molecule has 1 aromatic carbocycles. The van der Waals surface area contributed by atoms with E-state index in [0.29, 0.717) is 0 Å². The van der Waals surface area contributed by atoms with Gasteiger partial charge in [0.1, 0.15) is 6.04 Å². The molecular formula is C24H32N2O5S. The molecule has 4 rings (SSSR count). The van der Waals surface area contributed by atoms with Gasteiger partial charge in [-0.05, 0) is 51.2 Å². The molecule has 1 aromatic rings. The number of fused-ring (bicyclic) bond motifs is 1. The summed E-state index contributed by atoms with van der Waals surface area (Å²) in [6.07, 6.45) is 0.756. The maximum absolute atomic E-state index is 13.9. The number of carbonyl (C=O) groups is 3. The van der Waals surface area contributed by atoms with Gasteiger partial charge < -0.3 is 20.1 Å². The number of aliphatic hydroxyl groups is 1. The monoisotopic (exact) mass is 460 g/mol. The van der Waals surface area contributed by atoms with Crippen LogP contribution in [0.15, 0.2) is 18.2 Å². The fourth-order valence-corrected chi connectivity index (χ4v) is 8.43. The molecule has 0 radical (unpaired) electrons. The lowest BCUT2D eigenvalue weighted by Crippen LogP contribution is -2.56. The number of hydrogen-bond donors (Lipinski definition) is 2.